The fourth-order valence-corrected chi connectivity index (χ4v) is 3.72. The number of carbonyl (C=O) groups is 2. The standard InChI is InChI=1S/C26H17ClF3N5O2/c27-20-6-4-16(9-19(20)26(28,29)30)25(37)34-18-3-1-2-14(8-18)24(36)15-5-7-21-22(10-15)35-23(13-33-21)17(11-31)12-32/h1-13,31H,32H2,(H,34,37)/b17-12+,31-11?. The lowest BCUT2D eigenvalue weighted by Gasteiger charge is -2.12. The van der Waals surface area contributed by atoms with Crippen LogP contribution in [0.4, 0.5) is 18.9 Å². The summed E-state index contributed by atoms with van der Waals surface area (Å²) in [6.07, 6.45) is -0.978. The zero-order valence-electron chi connectivity index (χ0n) is 18.8. The van der Waals surface area contributed by atoms with Gasteiger partial charge in [0.2, 0.25) is 0 Å². The molecule has 0 aliphatic carbocycles. The van der Waals surface area contributed by atoms with E-state index in [1.807, 2.05) is 0 Å². The van der Waals surface area contributed by atoms with Crippen molar-refractivity contribution < 1.29 is 22.8 Å². The molecule has 0 spiro atoms. The Morgan fingerprint density at radius 1 is 0.973 bits per heavy atom. The minimum Gasteiger partial charge on any atom is -0.404 e. The first-order valence-corrected chi connectivity index (χ1v) is 11.0. The molecule has 0 saturated heterocycles. The van der Waals surface area contributed by atoms with E-state index in [2.05, 4.69) is 15.3 Å². The molecule has 11 heteroatoms. The van der Waals surface area contributed by atoms with Crippen molar-refractivity contribution >= 4 is 51.8 Å². The molecule has 0 radical (unpaired) electrons. The Hall–Kier alpha value is -4.57. The number of allylic oxidation sites excluding steroid dienone is 1. The van der Waals surface area contributed by atoms with Gasteiger partial charge in [0, 0.05) is 40.4 Å². The van der Waals surface area contributed by atoms with E-state index >= 15 is 0 Å². The van der Waals surface area contributed by atoms with Gasteiger partial charge in [-0.25, -0.2) is 4.98 Å². The lowest BCUT2D eigenvalue weighted by Crippen LogP contribution is -2.14. The van der Waals surface area contributed by atoms with Crippen molar-refractivity contribution in [3.8, 4) is 0 Å². The normalized spacial score (nSPS) is 11.8. The highest BCUT2D eigenvalue weighted by molar-refractivity contribution is 6.31. The number of nitrogens with one attached hydrogen (secondary N) is 2. The predicted molar refractivity (Wildman–Crippen MR) is 135 cm³/mol. The number of carbonyl (C=O) groups excluding carboxylic acids is 2. The number of halogens is 4. The van der Waals surface area contributed by atoms with Gasteiger partial charge < -0.3 is 16.5 Å². The Kier molecular flexibility index (Phi) is 7.03. The van der Waals surface area contributed by atoms with Gasteiger partial charge in [-0.3, -0.25) is 14.6 Å². The van der Waals surface area contributed by atoms with Crippen LogP contribution in [0.25, 0.3) is 16.6 Å². The van der Waals surface area contributed by atoms with Crippen LogP contribution in [-0.4, -0.2) is 27.9 Å². The number of nitrogens with two attached hydrogens (primary N) is 1. The minimum atomic E-state index is -4.72. The number of hydrogen-bond acceptors (Lipinski definition) is 6. The molecule has 1 heterocycles. The second kappa shape index (κ2) is 10.2. The summed E-state index contributed by atoms with van der Waals surface area (Å²) >= 11 is 5.62. The molecule has 0 aliphatic rings. The Morgan fingerprint density at radius 3 is 2.41 bits per heavy atom. The molecule has 4 N–H and O–H groups in total. The number of amides is 1. The molecule has 1 aromatic heterocycles. The lowest BCUT2D eigenvalue weighted by atomic mass is 10.0. The van der Waals surface area contributed by atoms with Gasteiger partial charge in [0.05, 0.1) is 33.5 Å². The number of alkyl halides is 3. The molecular weight excluding hydrogens is 507 g/mol. The topological polar surface area (TPSA) is 122 Å². The summed E-state index contributed by atoms with van der Waals surface area (Å²) in [5.74, 6) is -1.17. The second-order valence-electron chi connectivity index (χ2n) is 7.78. The first-order chi connectivity index (χ1) is 17.6. The van der Waals surface area contributed by atoms with Crippen LogP contribution in [0.2, 0.25) is 5.02 Å². The maximum Gasteiger partial charge on any atom is 0.417 e. The Labute approximate surface area is 213 Å². The predicted octanol–water partition coefficient (Wildman–Crippen LogP) is 5.73. The Bertz CT molecular complexity index is 1580. The van der Waals surface area contributed by atoms with Crippen LogP contribution >= 0.6 is 11.6 Å². The summed E-state index contributed by atoms with van der Waals surface area (Å²) in [7, 11) is 0. The van der Waals surface area contributed by atoms with Gasteiger partial charge in [-0.2, -0.15) is 13.2 Å². The summed E-state index contributed by atoms with van der Waals surface area (Å²) in [6, 6.07) is 13.6. The molecule has 1 amide bonds. The van der Waals surface area contributed by atoms with Crippen LogP contribution < -0.4 is 11.1 Å². The van der Waals surface area contributed by atoms with E-state index in [1.54, 1.807) is 24.3 Å². The number of ketones is 1. The van der Waals surface area contributed by atoms with Gasteiger partial charge in [0.25, 0.3) is 5.91 Å². The molecule has 4 aromatic rings. The Morgan fingerprint density at radius 2 is 1.70 bits per heavy atom. The number of hydrogen-bond donors (Lipinski definition) is 3. The van der Waals surface area contributed by atoms with Gasteiger partial charge in [0.15, 0.2) is 5.78 Å². The van der Waals surface area contributed by atoms with Gasteiger partial charge >= 0.3 is 6.18 Å². The van der Waals surface area contributed by atoms with E-state index in [-0.39, 0.29) is 22.6 Å². The van der Waals surface area contributed by atoms with E-state index in [4.69, 9.17) is 22.7 Å². The van der Waals surface area contributed by atoms with E-state index in [9.17, 15) is 22.8 Å². The quantitative estimate of drug-likeness (QED) is 0.220. The molecular formula is C26H17ClF3N5O2. The summed E-state index contributed by atoms with van der Waals surface area (Å²) < 4.78 is 39.4. The highest BCUT2D eigenvalue weighted by atomic mass is 35.5. The molecule has 7 nitrogen and oxygen atoms in total. The number of nitrogens with zero attached hydrogens (tertiary/aromatic N) is 2. The average molecular weight is 524 g/mol. The highest BCUT2D eigenvalue weighted by Crippen LogP contribution is 2.35. The summed E-state index contributed by atoms with van der Waals surface area (Å²) in [5, 5.41) is 9.40. The number of anilines is 1. The van der Waals surface area contributed by atoms with Crippen molar-refractivity contribution in [2.24, 2.45) is 5.73 Å². The van der Waals surface area contributed by atoms with Crippen molar-refractivity contribution in [1.82, 2.24) is 9.97 Å². The molecule has 0 bridgehead atoms. The molecule has 0 unspecified atom stereocenters. The largest absolute Gasteiger partial charge is 0.417 e. The van der Waals surface area contributed by atoms with Crippen LogP contribution in [-0.2, 0) is 6.18 Å². The molecule has 0 saturated carbocycles. The van der Waals surface area contributed by atoms with Crippen LogP contribution in [0.5, 0.6) is 0 Å². The van der Waals surface area contributed by atoms with Crippen molar-refractivity contribution in [3.05, 3.63) is 106 Å². The van der Waals surface area contributed by atoms with Crippen molar-refractivity contribution in [3.63, 3.8) is 0 Å². The van der Waals surface area contributed by atoms with Gasteiger partial charge in [0.1, 0.15) is 0 Å². The van der Waals surface area contributed by atoms with Crippen LogP contribution in [0.15, 0.2) is 73.1 Å². The minimum absolute atomic E-state index is 0.214. The monoisotopic (exact) mass is 523 g/mol. The SMILES string of the molecule is N=C/C(=C\N)c1cnc2ccc(C(=O)c3cccc(NC(=O)c4ccc(Cl)c(C(F)(F)F)c4)c3)cc2n1. The van der Waals surface area contributed by atoms with Gasteiger partial charge in [-0.05, 0) is 48.5 Å². The third-order valence-electron chi connectivity index (χ3n) is 5.35. The summed E-state index contributed by atoms with van der Waals surface area (Å²) in [5.41, 5.74) is 6.56. The first kappa shape index (κ1) is 25.5. The van der Waals surface area contributed by atoms with Crippen LogP contribution in [0.1, 0.15) is 37.5 Å². The molecule has 186 valence electrons. The molecule has 0 aliphatic heterocycles. The van der Waals surface area contributed by atoms with Crippen LogP contribution in [0.3, 0.4) is 0 Å². The van der Waals surface area contributed by atoms with Crippen molar-refractivity contribution in [1.29, 1.82) is 5.41 Å². The fourth-order valence-electron chi connectivity index (χ4n) is 3.49. The molecule has 3 aromatic carbocycles. The highest BCUT2D eigenvalue weighted by Gasteiger charge is 2.33. The summed E-state index contributed by atoms with van der Waals surface area (Å²) in [4.78, 5) is 34.4. The van der Waals surface area contributed by atoms with Gasteiger partial charge in [-0.15, -0.1) is 0 Å². The Balaban J connectivity index is 1.60. The average Bonchev–Trinajstić information content (AvgIpc) is 2.88. The molecule has 37 heavy (non-hydrogen) atoms. The van der Waals surface area contributed by atoms with Gasteiger partial charge in [-0.1, -0.05) is 23.7 Å². The third kappa shape index (κ3) is 5.49. The number of fused-ring (bicyclic) bond motifs is 1. The first-order valence-electron chi connectivity index (χ1n) is 10.6. The zero-order valence-corrected chi connectivity index (χ0v) is 19.6. The lowest BCUT2D eigenvalue weighted by molar-refractivity contribution is -0.137. The van der Waals surface area contributed by atoms with E-state index in [0.29, 0.717) is 33.9 Å². The summed E-state index contributed by atoms with van der Waals surface area (Å²) in [6.45, 7) is 0. The third-order valence-corrected chi connectivity index (χ3v) is 5.68. The molecule has 4 rings (SSSR count). The zero-order chi connectivity index (χ0) is 26.7. The molecule has 0 atom stereocenters. The van der Waals surface area contributed by atoms with Crippen molar-refractivity contribution in [2.45, 2.75) is 6.18 Å². The number of rotatable bonds is 6. The smallest absolute Gasteiger partial charge is 0.404 e. The maximum absolute atomic E-state index is 13.2. The van der Waals surface area contributed by atoms with Crippen molar-refractivity contribution in [2.75, 3.05) is 5.32 Å². The van der Waals surface area contributed by atoms with E-state index in [1.165, 1.54) is 36.7 Å². The van der Waals surface area contributed by atoms with E-state index < -0.39 is 22.7 Å². The second-order valence-corrected chi connectivity index (χ2v) is 8.19. The number of benzene rings is 3. The van der Waals surface area contributed by atoms with Crippen LogP contribution in [0, 0.1) is 5.41 Å². The fraction of sp³-hybridized carbons (Fsp3) is 0.0385. The number of aromatic nitrogens is 2. The van der Waals surface area contributed by atoms with E-state index in [0.717, 1.165) is 12.3 Å². The maximum atomic E-state index is 13.2. The molecule has 0 fully saturated rings.